The number of ether oxygens (including phenoxy) is 1. The van der Waals surface area contributed by atoms with Gasteiger partial charge in [0, 0.05) is 18.7 Å². The SMILES string of the molecule is COc1ccc(C(=O)CN(Cc2ccccc2)Cc2ccccc2)cc1C(N)=O. The topological polar surface area (TPSA) is 72.6 Å². The molecule has 3 aromatic carbocycles. The Kier molecular flexibility index (Phi) is 6.76. The summed E-state index contributed by atoms with van der Waals surface area (Å²) in [5.74, 6) is -0.344. The van der Waals surface area contributed by atoms with Gasteiger partial charge in [-0.25, -0.2) is 0 Å². The number of carbonyl (C=O) groups is 2. The maximum atomic E-state index is 13.0. The number of rotatable bonds is 9. The van der Waals surface area contributed by atoms with Crippen molar-refractivity contribution in [1.82, 2.24) is 4.90 Å². The fourth-order valence-corrected chi connectivity index (χ4v) is 3.22. The first-order valence-corrected chi connectivity index (χ1v) is 9.38. The highest BCUT2D eigenvalue weighted by atomic mass is 16.5. The summed E-state index contributed by atoms with van der Waals surface area (Å²) in [6, 6.07) is 24.8. The van der Waals surface area contributed by atoms with Gasteiger partial charge in [0.25, 0.3) is 5.91 Å². The molecule has 148 valence electrons. The van der Waals surface area contributed by atoms with Gasteiger partial charge < -0.3 is 10.5 Å². The van der Waals surface area contributed by atoms with Crippen molar-refractivity contribution in [2.45, 2.75) is 13.1 Å². The normalized spacial score (nSPS) is 10.7. The van der Waals surface area contributed by atoms with Crippen LogP contribution in [-0.2, 0) is 13.1 Å². The second-order valence-electron chi connectivity index (χ2n) is 6.82. The lowest BCUT2D eigenvalue weighted by Gasteiger charge is -2.22. The summed E-state index contributed by atoms with van der Waals surface area (Å²) in [6.07, 6.45) is 0. The third-order valence-electron chi connectivity index (χ3n) is 4.65. The Labute approximate surface area is 170 Å². The fourth-order valence-electron chi connectivity index (χ4n) is 3.22. The van der Waals surface area contributed by atoms with Crippen molar-refractivity contribution in [3.05, 3.63) is 101 Å². The molecule has 0 radical (unpaired) electrons. The minimum Gasteiger partial charge on any atom is -0.496 e. The van der Waals surface area contributed by atoms with E-state index in [1.54, 1.807) is 12.1 Å². The van der Waals surface area contributed by atoms with E-state index in [1.165, 1.54) is 13.2 Å². The molecule has 1 amide bonds. The fraction of sp³-hybridized carbons (Fsp3) is 0.167. The number of methoxy groups -OCH3 is 1. The lowest BCUT2D eigenvalue weighted by molar-refractivity contribution is 0.0920. The number of amides is 1. The van der Waals surface area contributed by atoms with Crippen LogP contribution < -0.4 is 10.5 Å². The van der Waals surface area contributed by atoms with Gasteiger partial charge in [0.2, 0.25) is 0 Å². The van der Waals surface area contributed by atoms with E-state index >= 15 is 0 Å². The van der Waals surface area contributed by atoms with Gasteiger partial charge >= 0.3 is 0 Å². The molecule has 3 aromatic rings. The summed E-state index contributed by atoms with van der Waals surface area (Å²) in [5, 5.41) is 0. The maximum absolute atomic E-state index is 13.0. The number of Topliss-reactive ketones (excluding diaryl/α,β-unsaturated/α-hetero) is 1. The molecule has 0 atom stereocenters. The van der Waals surface area contributed by atoms with Gasteiger partial charge in [-0.15, -0.1) is 0 Å². The molecule has 5 heteroatoms. The molecular formula is C24H24N2O3. The first-order chi connectivity index (χ1) is 14.1. The number of nitrogens with zero attached hydrogens (tertiary/aromatic N) is 1. The molecule has 0 heterocycles. The highest BCUT2D eigenvalue weighted by Gasteiger charge is 2.17. The number of ketones is 1. The molecular weight excluding hydrogens is 364 g/mol. The van der Waals surface area contributed by atoms with Crippen LogP contribution in [0.3, 0.4) is 0 Å². The molecule has 0 aliphatic rings. The highest BCUT2D eigenvalue weighted by molar-refractivity contribution is 6.02. The van der Waals surface area contributed by atoms with E-state index in [-0.39, 0.29) is 17.9 Å². The molecule has 29 heavy (non-hydrogen) atoms. The molecule has 0 aromatic heterocycles. The van der Waals surface area contributed by atoms with Gasteiger partial charge in [-0.1, -0.05) is 60.7 Å². The van der Waals surface area contributed by atoms with Crippen molar-refractivity contribution >= 4 is 11.7 Å². The Morgan fingerprint density at radius 1 is 0.862 bits per heavy atom. The molecule has 0 spiro atoms. The Bertz CT molecular complexity index is 930. The van der Waals surface area contributed by atoms with Gasteiger partial charge in [-0.05, 0) is 29.3 Å². The van der Waals surface area contributed by atoms with E-state index in [0.29, 0.717) is 24.4 Å². The quantitative estimate of drug-likeness (QED) is 0.568. The summed E-state index contributed by atoms with van der Waals surface area (Å²) >= 11 is 0. The Hall–Kier alpha value is -3.44. The molecule has 0 aliphatic carbocycles. The van der Waals surface area contributed by atoms with Crippen LogP contribution in [0.4, 0.5) is 0 Å². The molecule has 0 saturated carbocycles. The van der Waals surface area contributed by atoms with Gasteiger partial charge in [-0.3, -0.25) is 14.5 Å². The smallest absolute Gasteiger partial charge is 0.252 e. The van der Waals surface area contributed by atoms with Crippen molar-refractivity contribution in [1.29, 1.82) is 0 Å². The lowest BCUT2D eigenvalue weighted by atomic mass is 10.0. The number of benzene rings is 3. The molecule has 0 aliphatic heterocycles. The van der Waals surface area contributed by atoms with Crippen LogP contribution in [0, 0.1) is 0 Å². The summed E-state index contributed by atoms with van der Waals surface area (Å²) in [4.78, 5) is 26.7. The zero-order valence-corrected chi connectivity index (χ0v) is 16.4. The Morgan fingerprint density at radius 2 is 1.41 bits per heavy atom. The van der Waals surface area contributed by atoms with E-state index < -0.39 is 5.91 Å². The van der Waals surface area contributed by atoms with Crippen LogP contribution in [0.1, 0.15) is 31.8 Å². The third-order valence-corrected chi connectivity index (χ3v) is 4.65. The lowest BCUT2D eigenvalue weighted by Crippen LogP contribution is -2.29. The maximum Gasteiger partial charge on any atom is 0.252 e. The molecule has 0 unspecified atom stereocenters. The van der Waals surface area contributed by atoms with E-state index in [4.69, 9.17) is 10.5 Å². The van der Waals surface area contributed by atoms with Crippen molar-refractivity contribution < 1.29 is 14.3 Å². The van der Waals surface area contributed by atoms with E-state index in [2.05, 4.69) is 4.90 Å². The first kappa shape index (κ1) is 20.3. The number of hydrogen-bond acceptors (Lipinski definition) is 4. The number of hydrogen-bond donors (Lipinski definition) is 1. The first-order valence-electron chi connectivity index (χ1n) is 9.38. The molecule has 5 nitrogen and oxygen atoms in total. The second kappa shape index (κ2) is 9.66. The zero-order valence-electron chi connectivity index (χ0n) is 16.4. The van der Waals surface area contributed by atoms with Gasteiger partial charge in [0.05, 0.1) is 19.2 Å². The minimum absolute atomic E-state index is 0.0815. The minimum atomic E-state index is -0.623. The Morgan fingerprint density at radius 3 is 1.90 bits per heavy atom. The van der Waals surface area contributed by atoms with Crippen LogP contribution >= 0.6 is 0 Å². The largest absolute Gasteiger partial charge is 0.496 e. The van der Waals surface area contributed by atoms with Crippen molar-refractivity contribution in [3.63, 3.8) is 0 Å². The summed E-state index contributed by atoms with van der Waals surface area (Å²) < 4.78 is 5.16. The van der Waals surface area contributed by atoms with Gasteiger partial charge in [0.15, 0.2) is 5.78 Å². The van der Waals surface area contributed by atoms with Gasteiger partial charge in [-0.2, -0.15) is 0 Å². The summed E-state index contributed by atoms with van der Waals surface area (Å²) in [5.41, 5.74) is 8.32. The van der Waals surface area contributed by atoms with Crippen LogP contribution in [0.2, 0.25) is 0 Å². The molecule has 0 saturated heterocycles. The molecule has 3 rings (SSSR count). The predicted molar refractivity (Wildman–Crippen MR) is 113 cm³/mol. The van der Waals surface area contributed by atoms with E-state index in [0.717, 1.165) is 11.1 Å². The van der Waals surface area contributed by atoms with Crippen LogP contribution in [0.15, 0.2) is 78.9 Å². The van der Waals surface area contributed by atoms with E-state index in [9.17, 15) is 9.59 Å². The Balaban J connectivity index is 1.81. The average molecular weight is 388 g/mol. The standard InChI is InChI=1S/C24H24N2O3/c1-29-23-13-12-20(14-21(23)24(25)28)22(27)17-26(15-18-8-4-2-5-9-18)16-19-10-6-3-7-11-19/h2-14H,15-17H2,1H3,(H2,25,28). The second-order valence-corrected chi connectivity index (χ2v) is 6.82. The monoisotopic (exact) mass is 388 g/mol. The average Bonchev–Trinajstić information content (AvgIpc) is 2.74. The predicted octanol–water partition coefficient (Wildman–Crippen LogP) is 3.68. The number of primary amides is 1. The summed E-state index contributed by atoms with van der Waals surface area (Å²) in [7, 11) is 1.46. The number of nitrogens with two attached hydrogens (primary N) is 1. The van der Waals surface area contributed by atoms with Crippen LogP contribution in [0.5, 0.6) is 5.75 Å². The van der Waals surface area contributed by atoms with E-state index in [1.807, 2.05) is 60.7 Å². The van der Waals surface area contributed by atoms with Crippen molar-refractivity contribution in [2.75, 3.05) is 13.7 Å². The van der Waals surface area contributed by atoms with Crippen molar-refractivity contribution in [2.24, 2.45) is 5.73 Å². The number of carbonyl (C=O) groups excluding carboxylic acids is 2. The molecule has 2 N–H and O–H groups in total. The van der Waals surface area contributed by atoms with Crippen molar-refractivity contribution in [3.8, 4) is 5.75 Å². The van der Waals surface area contributed by atoms with Crippen LogP contribution in [-0.4, -0.2) is 30.2 Å². The highest BCUT2D eigenvalue weighted by Crippen LogP contribution is 2.20. The van der Waals surface area contributed by atoms with Crippen LogP contribution in [0.25, 0.3) is 0 Å². The zero-order chi connectivity index (χ0) is 20.6. The third kappa shape index (κ3) is 5.53. The molecule has 0 fully saturated rings. The summed E-state index contributed by atoms with van der Waals surface area (Å²) in [6.45, 7) is 1.49. The van der Waals surface area contributed by atoms with Gasteiger partial charge in [0.1, 0.15) is 5.75 Å². The molecule has 0 bridgehead atoms.